The maximum Gasteiger partial charge on any atom is 0.253 e. The highest BCUT2D eigenvalue weighted by molar-refractivity contribution is 7.88. The van der Waals surface area contributed by atoms with Crippen LogP contribution in [0.15, 0.2) is 18.2 Å². The van der Waals surface area contributed by atoms with Gasteiger partial charge in [-0.2, -0.15) is 0 Å². The van der Waals surface area contributed by atoms with Crippen LogP contribution in [0.3, 0.4) is 0 Å². The minimum atomic E-state index is -3.20. The molecule has 1 aliphatic heterocycles. The number of sulfonamides is 1. The Morgan fingerprint density at radius 3 is 2.58 bits per heavy atom. The van der Waals surface area contributed by atoms with E-state index in [9.17, 15) is 17.6 Å². The summed E-state index contributed by atoms with van der Waals surface area (Å²) < 4.78 is 43.9. The van der Waals surface area contributed by atoms with Crippen molar-refractivity contribution in [3.8, 4) is 5.75 Å². The molecule has 1 aromatic carbocycles. The Labute approximate surface area is 141 Å². The van der Waals surface area contributed by atoms with E-state index in [1.165, 1.54) is 19.2 Å². The monoisotopic (exact) mass is 356 g/mol. The van der Waals surface area contributed by atoms with Crippen LogP contribution in [0, 0.1) is 11.2 Å². The second-order valence-electron chi connectivity index (χ2n) is 6.65. The zero-order chi connectivity index (χ0) is 17.5. The van der Waals surface area contributed by atoms with Crippen LogP contribution in [0.1, 0.15) is 29.6 Å². The van der Waals surface area contributed by atoms with E-state index in [0.717, 1.165) is 25.5 Å². The number of amides is 1. The first kappa shape index (κ1) is 17.2. The summed E-state index contributed by atoms with van der Waals surface area (Å²) in [4.78, 5) is 14.2. The number of piperidine rings is 1. The van der Waals surface area contributed by atoms with Crippen molar-refractivity contribution in [2.24, 2.45) is 5.41 Å². The molecule has 1 unspecified atom stereocenters. The van der Waals surface area contributed by atoms with E-state index in [0.29, 0.717) is 18.7 Å². The van der Waals surface area contributed by atoms with E-state index in [4.69, 9.17) is 4.74 Å². The molecule has 132 valence electrons. The minimum absolute atomic E-state index is 0.0228. The van der Waals surface area contributed by atoms with Crippen molar-refractivity contribution in [2.75, 3.05) is 26.5 Å². The topological polar surface area (TPSA) is 75.7 Å². The van der Waals surface area contributed by atoms with E-state index in [1.807, 2.05) is 0 Å². The second kappa shape index (κ2) is 6.00. The molecule has 0 bridgehead atoms. The lowest BCUT2D eigenvalue weighted by molar-refractivity contribution is 0.0673. The van der Waals surface area contributed by atoms with Crippen molar-refractivity contribution in [1.29, 1.82) is 0 Å². The summed E-state index contributed by atoms with van der Waals surface area (Å²) in [6, 6.07) is 4.17. The molecule has 0 aromatic heterocycles. The first-order valence-electron chi connectivity index (χ1n) is 7.84. The second-order valence-corrected chi connectivity index (χ2v) is 8.43. The summed E-state index contributed by atoms with van der Waals surface area (Å²) in [5, 5.41) is 0. The molecule has 1 spiro atoms. The van der Waals surface area contributed by atoms with E-state index < -0.39 is 15.8 Å². The first-order valence-corrected chi connectivity index (χ1v) is 9.73. The largest absolute Gasteiger partial charge is 0.494 e. The molecule has 1 atom stereocenters. The number of benzene rings is 1. The van der Waals surface area contributed by atoms with Gasteiger partial charge < -0.3 is 9.64 Å². The Kier molecular flexibility index (Phi) is 4.29. The number of carbonyl (C=O) groups excluding carboxylic acids is 1. The smallest absolute Gasteiger partial charge is 0.253 e. The third kappa shape index (κ3) is 3.39. The highest BCUT2D eigenvalue weighted by Crippen LogP contribution is 2.54. The van der Waals surface area contributed by atoms with Gasteiger partial charge >= 0.3 is 0 Å². The third-order valence-electron chi connectivity index (χ3n) is 4.99. The minimum Gasteiger partial charge on any atom is -0.494 e. The van der Waals surface area contributed by atoms with Crippen molar-refractivity contribution in [2.45, 2.75) is 25.3 Å². The number of methoxy groups -OCH3 is 1. The number of hydrogen-bond acceptors (Lipinski definition) is 4. The summed E-state index contributed by atoms with van der Waals surface area (Å²) in [5.41, 5.74) is 0.274. The number of halogens is 1. The number of carbonyl (C=O) groups is 1. The van der Waals surface area contributed by atoms with Gasteiger partial charge in [-0.1, -0.05) is 0 Å². The van der Waals surface area contributed by atoms with Gasteiger partial charge in [0.2, 0.25) is 10.0 Å². The van der Waals surface area contributed by atoms with Gasteiger partial charge in [-0.3, -0.25) is 4.79 Å². The third-order valence-corrected chi connectivity index (χ3v) is 5.70. The van der Waals surface area contributed by atoms with Gasteiger partial charge in [0.1, 0.15) is 0 Å². The Bertz CT molecular complexity index is 757. The lowest BCUT2D eigenvalue weighted by Crippen LogP contribution is -2.41. The number of likely N-dealkylation sites (tertiary alicyclic amines) is 1. The fraction of sp³-hybridized carbons (Fsp3) is 0.562. The molecule has 1 saturated heterocycles. The number of nitrogens with one attached hydrogen (secondary N) is 1. The van der Waals surface area contributed by atoms with Crippen LogP contribution in [-0.4, -0.2) is 51.7 Å². The zero-order valence-electron chi connectivity index (χ0n) is 13.7. The number of nitrogens with zero attached hydrogens (tertiary/aromatic N) is 1. The molecule has 1 amide bonds. The standard InChI is InChI=1S/C16H21FN2O4S/c1-23-13-4-3-11(9-12(13)17)15(20)19-7-5-16(6-8-19)10-14(16)18-24(2,21)22/h3-4,9,14,18H,5-8,10H2,1-2H3. The van der Waals surface area contributed by atoms with E-state index in [1.54, 1.807) is 11.0 Å². The maximum absolute atomic E-state index is 13.8. The Balaban J connectivity index is 1.61. The summed E-state index contributed by atoms with van der Waals surface area (Å²) in [7, 11) is -1.83. The highest BCUT2D eigenvalue weighted by Gasteiger charge is 2.56. The molecule has 1 heterocycles. The maximum atomic E-state index is 13.8. The predicted molar refractivity (Wildman–Crippen MR) is 86.9 cm³/mol. The van der Waals surface area contributed by atoms with E-state index >= 15 is 0 Å². The van der Waals surface area contributed by atoms with Crippen LogP contribution in [0.2, 0.25) is 0 Å². The summed E-state index contributed by atoms with van der Waals surface area (Å²) in [6.07, 6.45) is 3.49. The van der Waals surface area contributed by atoms with Crippen LogP contribution in [0.5, 0.6) is 5.75 Å². The lowest BCUT2D eigenvalue weighted by Gasteiger charge is -2.33. The van der Waals surface area contributed by atoms with Crippen molar-refractivity contribution >= 4 is 15.9 Å². The molecule has 24 heavy (non-hydrogen) atoms. The van der Waals surface area contributed by atoms with Crippen LogP contribution in [0.25, 0.3) is 0 Å². The Morgan fingerprint density at radius 1 is 1.38 bits per heavy atom. The average Bonchev–Trinajstić information content (AvgIpc) is 3.16. The summed E-state index contributed by atoms with van der Waals surface area (Å²) in [5.74, 6) is -0.659. The molecule has 0 radical (unpaired) electrons. The zero-order valence-corrected chi connectivity index (χ0v) is 14.5. The van der Waals surface area contributed by atoms with Crippen molar-refractivity contribution in [1.82, 2.24) is 9.62 Å². The van der Waals surface area contributed by atoms with Gasteiger partial charge in [-0.15, -0.1) is 0 Å². The molecule has 1 N–H and O–H groups in total. The van der Waals surface area contributed by atoms with Crippen molar-refractivity contribution in [3.05, 3.63) is 29.6 Å². The molecule has 6 nitrogen and oxygen atoms in total. The number of hydrogen-bond donors (Lipinski definition) is 1. The fourth-order valence-electron chi connectivity index (χ4n) is 3.46. The number of rotatable bonds is 4. The molecule has 1 saturated carbocycles. The van der Waals surface area contributed by atoms with E-state index in [-0.39, 0.29) is 23.1 Å². The fourth-order valence-corrected chi connectivity index (χ4v) is 4.31. The molecule has 1 aromatic rings. The van der Waals surface area contributed by atoms with Crippen LogP contribution in [-0.2, 0) is 10.0 Å². The quantitative estimate of drug-likeness (QED) is 0.884. The molecular weight excluding hydrogens is 335 g/mol. The Hall–Kier alpha value is -1.67. The van der Waals surface area contributed by atoms with Gasteiger partial charge in [0.15, 0.2) is 11.6 Å². The molecule has 2 fully saturated rings. The van der Waals surface area contributed by atoms with Gasteiger partial charge in [0.05, 0.1) is 13.4 Å². The molecule has 1 aliphatic carbocycles. The average molecular weight is 356 g/mol. The van der Waals surface area contributed by atoms with Gasteiger partial charge in [0, 0.05) is 24.7 Å². The molecule has 8 heteroatoms. The van der Waals surface area contributed by atoms with Crippen LogP contribution >= 0.6 is 0 Å². The normalized spacial score (nSPS) is 22.5. The Morgan fingerprint density at radius 2 is 2.04 bits per heavy atom. The van der Waals surface area contributed by atoms with Gasteiger partial charge in [-0.25, -0.2) is 17.5 Å². The van der Waals surface area contributed by atoms with Gasteiger partial charge in [0.25, 0.3) is 5.91 Å². The molecular formula is C16H21FN2O4S. The van der Waals surface area contributed by atoms with Gasteiger partial charge in [-0.05, 0) is 42.9 Å². The predicted octanol–water partition coefficient (Wildman–Crippen LogP) is 1.38. The van der Waals surface area contributed by atoms with Crippen molar-refractivity contribution < 1.29 is 22.3 Å². The number of ether oxygens (including phenoxy) is 1. The molecule has 2 aliphatic rings. The van der Waals surface area contributed by atoms with E-state index in [2.05, 4.69) is 4.72 Å². The van der Waals surface area contributed by atoms with Crippen LogP contribution < -0.4 is 9.46 Å². The lowest BCUT2D eigenvalue weighted by atomic mass is 9.92. The first-order chi connectivity index (χ1) is 11.2. The summed E-state index contributed by atoms with van der Waals surface area (Å²) in [6.45, 7) is 1.10. The molecule has 3 rings (SSSR count). The van der Waals surface area contributed by atoms with Crippen LogP contribution in [0.4, 0.5) is 4.39 Å². The summed E-state index contributed by atoms with van der Waals surface area (Å²) >= 11 is 0. The highest BCUT2D eigenvalue weighted by atomic mass is 32.2. The SMILES string of the molecule is COc1ccc(C(=O)N2CCC3(CC2)CC3NS(C)(=O)=O)cc1F. The van der Waals surface area contributed by atoms with Crippen molar-refractivity contribution in [3.63, 3.8) is 0 Å².